The van der Waals surface area contributed by atoms with E-state index in [1.165, 1.54) is 0 Å². The van der Waals surface area contributed by atoms with Crippen LogP contribution in [0.15, 0.2) is 10.9 Å². The number of nitrogens with zero attached hydrogens (tertiary/aromatic N) is 1. The minimum Gasteiger partial charge on any atom is -0.493 e. The molecule has 1 aromatic rings. The van der Waals surface area contributed by atoms with Gasteiger partial charge in [0.25, 0.3) is 5.56 Å². The average Bonchev–Trinajstić information content (AvgIpc) is 1.85. The molecule has 0 saturated heterocycles. The number of aromatic hydroxyl groups is 1. The van der Waals surface area contributed by atoms with Crippen molar-refractivity contribution in [3.63, 3.8) is 0 Å². The predicted octanol–water partition coefficient (Wildman–Crippen LogP) is -1.02. The number of H-pyrrole nitrogens is 1. The maximum absolute atomic E-state index is 10.7. The highest BCUT2D eigenvalue weighted by molar-refractivity contribution is 5.06. The van der Waals surface area contributed by atoms with Crippen LogP contribution < -0.4 is 11.3 Å². The second kappa shape index (κ2) is 3.16. The molecule has 0 aliphatic rings. The monoisotopic (exact) mass is 155 g/mol. The van der Waals surface area contributed by atoms with Crippen LogP contribution in [0, 0.1) is 0 Å². The van der Waals surface area contributed by atoms with Crippen molar-refractivity contribution in [3.05, 3.63) is 22.2 Å². The first kappa shape index (κ1) is 7.74. The van der Waals surface area contributed by atoms with Gasteiger partial charge in [0.2, 0.25) is 5.88 Å². The summed E-state index contributed by atoms with van der Waals surface area (Å²) in [4.78, 5) is 16.8. The zero-order valence-electron chi connectivity index (χ0n) is 5.87. The van der Waals surface area contributed by atoms with Gasteiger partial charge in [-0.1, -0.05) is 0 Å². The number of rotatable bonds is 2. The lowest BCUT2D eigenvalue weighted by molar-refractivity contribution is 0.447. The van der Waals surface area contributed by atoms with E-state index in [-0.39, 0.29) is 11.4 Å². The van der Waals surface area contributed by atoms with Gasteiger partial charge in [0.15, 0.2) is 0 Å². The topological polar surface area (TPSA) is 92.0 Å². The van der Waals surface area contributed by atoms with Crippen molar-refractivity contribution < 1.29 is 5.11 Å². The van der Waals surface area contributed by atoms with E-state index in [0.29, 0.717) is 18.8 Å². The normalized spacial score (nSPS) is 9.91. The van der Waals surface area contributed by atoms with Gasteiger partial charge in [-0.05, 0) is 6.54 Å². The number of nitrogens with two attached hydrogens (primary N) is 1. The predicted molar refractivity (Wildman–Crippen MR) is 39.3 cm³/mol. The van der Waals surface area contributed by atoms with E-state index in [4.69, 9.17) is 10.8 Å². The van der Waals surface area contributed by atoms with Gasteiger partial charge in [0, 0.05) is 6.42 Å². The van der Waals surface area contributed by atoms with Crippen LogP contribution in [0.25, 0.3) is 0 Å². The van der Waals surface area contributed by atoms with Crippen LogP contribution >= 0.6 is 0 Å². The van der Waals surface area contributed by atoms with Crippen molar-refractivity contribution in [2.75, 3.05) is 6.54 Å². The molecule has 0 bridgehead atoms. The Bertz CT molecular complexity index is 294. The minimum atomic E-state index is -0.360. The van der Waals surface area contributed by atoms with E-state index in [2.05, 4.69) is 9.97 Å². The summed E-state index contributed by atoms with van der Waals surface area (Å²) in [6.07, 6.45) is 0.462. The quantitative estimate of drug-likeness (QED) is 0.509. The fourth-order valence-corrected chi connectivity index (χ4v) is 0.749. The molecule has 0 unspecified atom stereocenters. The van der Waals surface area contributed by atoms with E-state index >= 15 is 0 Å². The number of aromatic nitrogens is 2. The Morgan fingerprint density at radius 2 is 2.45 bits per heavy atom. The molecule has 4 N–H and O–H groups in total. The molecule has 0 amide bonds. The second-order valence-electron chi connectivity index (χ2n) is 2.09. The molecule has 0 fully saturated rings. The summed E-state index contributed by atoms with van der Waals surface area (Å²) in [6.45, 7) is 0.395. The first-order valence-corrected chi connectivity index (χ1v) is 3.21. The molecule has 1 rings (SSSR count). The Balaban J connectivity index is 2.99. The van der Waals surface area contributed by atoms with Gasteiger partial charge in [-0.2, -0.15) is 0 Å². The van der Waals surface area contributed by atoms with Gasteiger partial charge < -0.3 is 15.8 Å². The SMILES string of the molecule is NCCc1nc(O)cc(=O)[nH]1. The van der Waals surface area contributed by atoms with Crippen LogP contribution in [0.1, 0.15) is 5.82 Å². The Morgan fingerprint density at radius 1 is 1.73 bits per heavy atom. The van der Waals surface area contributed by atoms with Gasteiger partial charge >= 0.3 is 0 Å². The van der Waals surface area contributed by atoms with Crippen molar-refractivity contribution in [2.45, 2.75) is 6.42 Å². The fourth-order valence-electron chi connectivity index (χ4n) is 0.749. The van der Waals surface area contributed by atoms with Gasteiger partial charge in [-0.15, -0.1) is 0 Å². The minimum absolute atomic E-state index is 0.266. The van der Waals surface area contributed by atoms with Crippen LogP contribution in [0.3, 0.4) is 0 Å². The number of hydrogen-bond acceptors (Lipinski definition) is 4. The standard InChI is InChI=1S/C6H9N3O2/c7-2-1-4-8-5(10)3-6(11)9-4/h3H,1-2,7H2,(H2,8,9,10,11). The molecular weight excluding hydrogens is 146 g/mol. The van der Waals surface area contributed by atoms with E-state index in [1.807, 2.05) is 0 Å². The summed E-state index contributed by atoms with van der Waals surface area (Å²) < 4.78 is 0. The lowest BCUT2D eigenvalue weighted by atomic mass is 10.4. The van der Waals surface area contributed by atoms with Crippen molar-refractivity contribution in [1.29, 1.82) is 0 Å². The zero-order chi connectivity index (χ0) is 8.27. The third-order valence-electron chi connectivity index (χ3n) is 1.16. The molecule has 11 heavy (non-hydrogen) atoms. The molecular formula is C6H9N3O2. The number of nitrogens with one attached hydrogen (secondary N) is 1. The Kier molecular flexibility index (Phi) is 2.22. The van der Waals surface area contributed by atoms with Crippen molar-refractivity contribution in [3.8, 4) is 5.88 Å². The van der Waals surface area contributed by atoms with Crippen LogP contribution in [0.2, 0.25) is 0 Å². The molecule has 5 heteroatoms. The highest BCUT2D eigenvalue weighted by Crippen LogP contribution is 1.97. The van der Waals surface area contributed by atoms with Crippen LogP contribution in [0.5, 0.6) is 5.88 Å². The van der Waals surface area contributed by atoms with Crippen LogP contribution in [-0.4, -0.2) is 21.6 Å². The van der Waals surface area contributed by atoms with Gasteiger partial charge in [0.05, 0.1) is 6.07 Å². The first-order valence-electron chi connectivity index (χ1n) is 3.21. The van der Waals surface area contributed by atoms with Gasteiger partial charge in [-0.3, -0.25) is 4.79 Å². The van der Waals surface area contributed by atoms with Crippen molar-refractivity contribution in [1.82, 2.24) is 9.97 Å². The molecule has 5 nitrogen and oxygen atoms in total. The summed E-state index contributed by atoms with van der Waals surface area (Å²) in [5.74, 6) is 0.148. The lowest BCUT2D eigenvalue weighted by Gasteiger charge is -1.96. The van der Waals surface area contributed by atoms with E-state index in [9.17, 15) is 4.79 Å². The maximum atomic E-state index is 10.7. The molecule has 0 saturated carbocycles. The average molecular weight is 155 g/mol. The zero-order valence-corrected chi connectivity index (χ0v) is 5.87. The lowest BCUT2D eigenvalue weighted by Crippen LogP contribution is -2.13. The van der Waals surface area contributed by atoms with E-state index in [1.54, 1.807) is 0 Å². The number of aromatic amines is 1. The third-order valence-corrected chi connectivity index (χ3v) is 1.16. The molecule has 0 aliphatic heterocycles. The molecule has 0 aromatic carbocycles. The first-order chi connectivity index (χ1) is 5.22. The Labute approximate surface area is 62.9 Å². The molecule has 0 spiro atoms. The Morgan fingerprint density at radius 3 is 3.00 bits per heavy atom. The van der Waals surface area contributed by atoms with E-state index < -0.39 is 0 Å². The summed E-state index contributed by atoms with van der Waals surface area (Å²) >= 11 is 0. The largest absolute Gasteiger partial charge is 0.493 e. The van der Waals surface area contributed by atoms with Crippen molar-refractivity contribution >= 4 is 0 Å². The molecule has 1 aromatic heterocycles. The van der Waals surface area contributed by atoms with Crippen LogP contribution in [0.4, 0.5) is 0 Å². The van der Waals surface area contributed by atoms with Gasteiger partial charge in [0.1, 0.15) is 5.82 Å². The Hall–Kier alpha value is -1.36. The maximum Gasteiger partial charge on any atom is 0.254 e. The summed E-state index contributed by atoms with van der Waals surface area (Å²) in [5, 5.41) is 8.85. The van der Waals surface area contributed by atoms with E-state index in [0.717, 1.165) is 6.07 Å². The van der Waals surface area contributed by atoms with Crippen LogP contribution in [-0.2, 0) is 6.42 Å². The summed E-state index contributed by atoms with van der Waals surface area (Å²) in [6, 6.07) is 1.01. The highest BCUT2D eigenvalue weighted by Gasteiger charge is 1.96. The molecule has 0 aliphatic carbocycles. The number of hydrogen-bond donors (Lipinski definition) is 3. The van der Waals surface area contributed by atoms with Gasteiger partial charge in [-0.25, -0.2) is 4.98 Å². The smallest absolute Gasteiger partial charge is 0.254 e. The van der Waals surface area contributed by atoms with Crippen molar-refractivity contribution in [2.24, 2.45) is 5.73 Å². The third kappa shape index (κ3) is 2.05. The fraction of sp³-hybridized carbons (Fsp3) is 0.333. The molecule has 60 valence electrons. The molecule has 0 atom stereocenters. The summed E-state index contributed by atoms with van der Waals surface area (Å²) in [5.41, 5.74) is 4.86. The molecule has 0 radical (unpaired) electrons. The second-order valence-corrected chi connectivity index (χ2v) is 2.09. The summed E-state index contributed by atoms with van der Waals surface area (Å²) in [7, 11) is 0. The molecule has 1 heterocycles. The highest BCUT2D eigenvalue weighted by atomic mass is 16.3.